The van der Waals surface area contributed by atoms with E-state index in [4.69, 9.17) is 14.4 Å². The standard InChI is InChI=1S/C37H63N5O8/c1-19-27-14-24(37(27,3)4)15-28(19)38-36(47)32-31(20(2)44)30(17-43)50-42(32)16-21-9-8-10-26(33(21)48-7)22-11-23(13-25(12-22)41(5)6)34(45)39-29-18-49-40-35(29)46/h19-33,43-44H,8-18H2,1-7H3,(H,38,47)(H,39,45)(H,40,46)/t19-,20-,21?,22?,23?,24+,25?,26?,27-,28-,29+,30-,31-,32-,33?/m0/s1. The largest absolute Gasteiger partial charge is 0.394 e. The van der Waals surface area contributed by atoms with Crippen molar-refractivity contribution in [3.05, 3.63) is 0 Å². The predicted octanol–water partition coefficient (Wildman–Crippen LogP) is 1.47. The number of ether oxygens (including phenoxy) is 1. The molecule has 13 nitrogen and oxygen atoms in total. The molecule has 0 aromatic carbocycles. The highest BCUT2D eigenvalue weighted by Gasteiger charge is 2.58. The Bertz CT molecular complexity index is 1230. The van der Waals surface area contributed by atoms with Crippen molar-refractivity contribution in [1.29, 1.82) is 0 Å². The van der Waals surface area contributed by atoms with Gasteiger partial charge in [-0.2, -0.15) is 5.06 Å². The SMILES string of the molecule is COC1C(CN2O[C@@H](CO)[C@H]([C@H](C)O)[C@H]2C(=O)N[C@H]2C[C@H]3C[C@@H]([C@@H]2C)C3(C)C)CCCC1C1CC(C(=O)N[C@@H]2CONC2=O)CC(N(C)C)C1. The van der Waals surface area contributed by atoms with Crippen LogP contribution >= 0.6 is 0 Å². The average molecular weight is 706 g/mol. The van der Waals surface area contributed by atoms with Crippen molar-refractivity contribution < 1.29 is 39.0 Å². The highest BCUT2D eigenvalue weighted by Crippen LogP contribution is 2.61. The van der Waals surface area contributed by atoms with Crippen LogP contribution in [0.25, 0.3) is 0 Å². The summed E-state index contributed by atoms with van der Waals surface area (Å²) in [7, 11) is 5.87. The van der Waals surface area contributed by atoms with Crippen LogP contribution < -0.4 is 16.1 Å². The molecule has 2 saturated heterocycles. The Hall–Kier alpha value is -1.87. The van der Waals surface area contributed by atoms with Crippen molar-refractivity contribution in [3.63, 3.8) is 0 Å². The molecule has 6 unspecified atom stereocenters. The molecular formula is C37H63N5O8. The lowest BCUT2D eigenvalue weighted by molar-refractivity contribution is -0.193. The highest BCUT2D eigenvalue weighted by molar-refractivity contribution is 5.89. The molecule has 5 saturated carbocycles. The molecule has 5 N–H and O–H groups in total. The second kappa shape index (κ2) is 15.2. The molecule has 284 valence electrons. The topological polar surface area (TPSA) is 162 Å². The zero-order valence-electron chi connectivity index (χ0n) is 31.2. The molecule has 2 heterocycles. The number of nitrogens with one attached hydrogen (secondary N) is 3. The third kappa shape index (κ3) is 7.21. The number of hydrogen-bond acceptors (Lipinski definition) is 10. The van der Waals surface area contributed by atoms with Crippen LogP contribution in [-0.2, 0) is 28.8 Å². The van der Waals surface area contributed by atoms with Gasteiger partial charge >= 0.3 is 0 Å². The summed E-state index contributed by atoms with van der Waals surface area (Å²) in [5, 5.41) is 29.3. The fourth-order valence-electron chi connectivity index (χ4n) is 11.2. The summed E-state index contributed by atoms with van der Waals surface area (Å²) in [5.41, 5.74) is 2.62. The number of methoxy groups -OCH3 is 1. The number of hydrogen-bond donors (Lipinski definition) is 5. The second-order valence-corrected chi connectivity index (χ2v) is 17.4. The minimum absolute atomic E-state index is 0.0505. The van der Waals surface area contributed by atoms with Gasteiger partial charge in [0, 0.05) is 43.5 Å². The van der Waals surface area contributed by atoms with Gasteiger partial charge < -0.3 is 30.5 Å². The van der Waals surface area contributed by atoms with Crippen LogP contribution in [0, 0.1) is 52.8 Å². The first-order valence-electron chi connectivity index (χ1n) is 19.2. The molecule has 7 aliphatic rings. The van der Waals surface area contributed by atoms with E-state index in [-0.39, 0.29) is 72.8 Å². The quantitative estimate of drug-likeness (QED) is 0.213. The Morgan fingerprint density at radius 3 is 2.48 bits per heavy atom. The van der Waals surface area contributed by atoms with E-state index in [0.29, 0.717) is 36.1 Å². The molecule has 0 spiro atoms. The van der Waals surface area contributed by atoms with Crippen LogP contribution in [0.5, 0.6) is 0 Å². The first kappa shape index (κ1) is 37.9. The van der Waals surface area contributed by atoms with Crippen LogP contribution in [0.3, 0.4) is 0 Å². The second-order valence-electron chi connectivity index (χ2n) is 17.4. The number of rotatable bonds is 11. The van der Waals surface area contributed by atoms with Crippen LogP contribution in [0.2, 0.25) is 0 Å². The number of nitrogens with zero attached hydrogens (tertiary/aromatic N) is 2. The number of aliphatic hydroxyl groups is 2. The number of carbonyl (C=O) groups is 3. The molecule has 15 atom stereocenters. The molecule has 2 aliphatic heterocycles. The zero-order chi connectivity index (χ0) is 36.1. The van der Waals surface area contributed by atoms with Crippen LogP contribution in [0.15, 0.2) is 0 Å². The third-order valence-electron chi connectivity index (χ3n) is 14.2. The fourth-order valence-corrected chi connectivity index (χ4v) is 11.2. The van der Waals surface area contributed by atoms with E-state index in [1.165, 1.54) is 6.42 Å². The van der Waals surface area contributed by atoms with E-state index in [2.05, 4.69) is 55.9 Å². The van der Waals surface area contributed by atoms with Crippen LogP contribution in [0.1, 0.15) is 79.1 Å². The summed E-state index contributed by atoms with van der Waals surface area (Å²) in [4.78, 5) is 53.4. The summed E-state index contributed by atoms with van der Waals surface area (Å²) in [6, 6.07) is -1.13. The number of carbonyl (C=O) groups excluding carboxylic acids is 3. The molecule has 3 amide bonds. The molecule has 7 fully saturated rings. The average Bonchev–Trinajstić information content (AvgIpc) is 3.67. The monoisotopic (exact) mass is 705 g/mol. The van der Waals surface area contributed by atoms with E-state index >= 15 is 0 Å². The molecule has 2 bridgehead atoms. The van der Waals surface area contributed by atoms with Crippen molar-refractivity contribution in [3.8, 4) is 0 Å². The summed E-state index contributed by atoms with van der Waals surface area (Å²) < 4.78 is 6.32. The summed E-state index contributed by atoms with van der Waals surface area (Å²) in [6.07, 6.45) is 5.76. The van der Waals surface area contributed by atoms with Crippen LogP contribution in [0.4, 0.5) is 0 Å². The van der Waals surface area contributed by atoms with Crippen molar-refractivity contribution >= 4 is 17.7 Å². The van der Waals surface area contributed by atoms with Gasteiger partial charge in [-0.05, 0) is 101 Å². The maximum Gasteiger partial charge on any atom is 0.268 e. The summed E-state index contributed by atoms with van der Waals surface area (Å²) >= 11 is 0. The minimum Gasteiger partial charge on any atom is -0.394 e. The summed E-state index contributed by atoms with van der Waals surface area (Å²) in [5.74, 6) is 0.630. The maximum absolute atomic E-state index is 14.2. The van der Waals surface area contributed by atoms with Crippen molar-refractivity contribution in [2.24, 2.45) is 52.8 Å². The number of amides is 3. The lowest BCUT2D eigenvalue weighted by atomic mass is 9.45. The first-order valence-corrected chi connectivity index (χ1v) is 19.2. The van der Waals surface area contributed by atoms with Crippen molar-refractivity contribution in [2.45, 2.75) is 122 Å². The molecule has 5 aliphatic carbocycles. The van der Waals surface area contributed by atoms with E-state index in [0.717, 1.165) is 38.5 Å². The lowest BCUT2D eigenvalue weighted by Gasteiger charge is -2.62. The van der Waals surface area contributed by atoms with Crippen molar-refractivity contribution in [2.75, 3.05) is 41.0 Å². The third-order valence-corrected chi connectivity index (χ3v) is 14.2. The normalized spacial score (nSPS) is 43.6. The summed E-state index contributed by atoms with van der Waals surface area (Å²) in [6.45, 7) is 8.90. The van der Waals surface area contributed by atoms with Gasteiger partial charge in [0.2, 0.25) is 11.8 Å². The number of hydroxylamine groups is 3. The molecule has 13 heteroatoms. The van der Waals surface area contributed by atoms with Gasteiger partial charge in [-0.15, -0.1) is 0 Å². The zero-order valence-corrected chi connectivity index (χ0v) is 31.2. The lowest BCUT2D eigenvalue weighted by Crippen LogP contribution is -2.62. The van der Waals surface area contributed by atoms with Gasteiger partial charge in [0.25, 0.3) is 5.91 Å². The Kier molecular flexibility index (Phi) is 11.5. The van der Waals surface area contributed by atoms with E-state index < -0.39 is 30.2 Å². The minimum atomic E-state index is -0.850. The van der Waals surface area contributed by atoms with E-state index in [1.807, 2.05) is 0 Å². The Morgan fingerprint density at radius 1 is 1.12 bits per heavy atom. The molecule has 0 aromatic heterocycles. The predicted molar refractivity (Wildman–Crippen MR) is 185 cm³/mol. The maximum atomic E-state index is 14.2. The smallest absolute Gasteiger partial charge is 0.268 e. The van der Waals surface area contributed by atoms with Crippen molar-refractivity contribution in [1.82, 2.24) is 26.1 Å². The Morgan fingerprint density at radius 2 is 1.88 bits per heavy atom. The number of fused-ring (bicyclic) bond motifs is 2. The van der Waals surface area contributed by atoms with Gasteiger partial charge in [-0.25, -0.2) is 5.48 Å². The van der Waals surface area contributed by atoms with Gasteiger partial charge in [0.15, 0.2) is 0 Å². The van der Waals surface area contributed by atoms with E-state index in [1.54, 1.807) is 19.1 Å². The van der Waals surface area contributed by atoms with Gasteiger partial charge in [0.1, 0.15) is 24.8 Å². The molecular weight excluding hydrogens is 642 g/mol. The van der Waals surface area contributed by atoms with Gasteiger partial charge in [-0.1, -0.05) is 27.2 Å². The van der Waals surface area contributed by atoms with Gasteiger partial charge in [-0.3, -0.25) is 24.1 Å². The van der Waals surface area contributed by atoms with E-state index in [9.17, 15) is 24.6 Å². The van der Waals surface area contributed by atoms with Crippen LogP contribution in [-0.4, -0.2) is 121 Å². The Labute approximate surface area is 297 Å². The molecule has 0 radical (unpaired) electrons. The molecule has 7 rings (SSSR count). The molecule has 50 heavy (non-hydrogen) atoms. The first-order chi connectivity index (χ1) is 23.7. The fraction of sp³-hybridized carbons (Fsp3) is 0.919. The van der Waals surface area contributed by atoms with Gasteiger partial charge in [0.05, 0.1) is 18.8 Å². The highest BCUT2D eigenvalue weighted by atomic mass is 16.7. The number of aliphatic hydroxyl groups excluding tert-OH is 2. The Balaban J connectivity index is 1.17. The molecule has 0 aromatic rings.